The number of hydrogen-bond acceptors (Lipinski definition) is 2. The smallest absolute Gasteiger partial charge is 0.125 e. The average Bonchev–Trinajstić information content (AvgIpc) is 2.66. The number of rotatable bonds is 3. The molecule has 0 radical (unpaired) electrons. The molecular weight excluding hydrogens is 357 g/mol. The van der Waals surface area contributed by atoms with Gasteiger partial charge >= 0.3 is 0 Å². The Labute approximate surface area is 114 Å². The number of anilines is 1. The van der Waals surface area contributed by atoms with Gasteiger partial charge in [-0.1, -0.05) is 0 Å². The molecular formula is C11H8Br2FNS. The quantitative estimate of drug-likeness (QED) is 0.805. The standard InChI is InChI=1S/C11H8Br2FNS/c12-7-3-9(16-6-7)5-15-11-4-8(14)1-2-10(11)13/h1-4,6,15H,5H2. The first-order valence-corrected chi connectivity index (χ1v) is 7.03. The number of halogens is 3. The predicted octanol–water partition coefficient (Wildman–Crippen LogP) is 5.02. The maximum absolute atomic E-state index is 13.0. The maximum Gasteiger partial charge on any atom is 0.125 e. The van der Waals surface area contributed by atoms with Crippen molar-refractivity contribution in [3.8, 4) is 0 Å². The SMILES string of the molecule is Fc1ccc(Br)c(NCc2cc(Br)cs2)c1. The Morgan fingerprint density at radius 2 is 2.06 bits per heavy atom. The van der Waals surface area contributed by atoms with Crippen molar-refractivity contribution in [3.63, 3.8) is 0 Å². The number of nitrogens with one attached hydrogen (secondary N) is 1. The molecule has 0 spiro atoms. The van der Waals surface area contributed by atoms with Gasteiger partial charge in [0, 0.05) is 25.7 Å². The monoisotopic (exact) mass is 363 g/mol. The summed E-state index contributed by atoms with van der Waals surface area (Å²) in [5.41, 5.74) is 0.768. The molecule has 2 rings (SSSR count). The predicted molar refractivity (Wildman–Crippen MR) is 73.4 cm³/mol. The van der Waals surface area contributed by atoms with E-state index in [1.807, 2.05) is 11.4 Å². The fraction of sp³-hybridized carbons (Fsp3) is 0.0909. The molecule has 2 aromatic rings. The van der Waals surface area contributed by atoms with Gasteiger partial charge in [0.05, 0.1) is 5.69 Å². The van der Waals surface area contributed by atoms with Crippen molar-refractivity contribution < 1.29 is 4.39 Å². The van der Waals surface area contributed by atoms with E-state index in [0.717, 1.165) is 14.6 Å². The zero-order valence-electron chi connectivity index (χ0n) is 8.14. The van der Waals surface area contributed by atoms with Crippen molar-refractivity contribution in [2.24, 2.45) is 0 Å². The van der Waals surface area contributed by atoms with Crippen LogP contribution in [-0.2, 0) is 6.54 Å². The Morgan fingerprint density at radius 1 is 1.25 bits per heavy atom. The van der Waals surface area contributed by atoms with E-state index in [1.165, 1.54) is 17.0 Å². The highest BCUT2D eigenvalue weighted by molar-refractivity contribution is 9.10. The van der Waals surface area contributed by atoms with Crippen LogP contribution in [0.25, 0.3) is 0 Å². The van der Waals surface area contributed by atoms with Crippen LogP contribution < -0.4 is 5.32 Å². The fourth-order valence-electron chi connectivity index (χ4n) is 1.26. The van der Waals surface area contributed by atoms with Crippen LogP contribution in [0.1, 0.15) is 4.88 Å². The van der Waals surface area contributed by atoms with Crippen LogP contribution in [0.15, 0.2) is 38.6 Å². The largest absolute Gasteiger partial charge is 0.379 e. The zero-order chi connectivity index (χ0) is 11.5. The zero-order valence-corrected chi connectivity index (χ0v) is 12.1. The van der Waals surface area contributed by atoms with Crippen LogP contribution in [0.3, 0.4) is 0 Å². The lowest BCUT2D eigenvalue weighted by molar-refractivity contribution is 0.628. The van der Waals surface area contributed by atoms with Crippen LogP contribution in [0.5, 0.6) is 0 Å². The Balaban J connectivity index is 2.07. The minimum absolute atomic E-state index is 0.238. The summed E-state index contributed by atoms with van der Waals surface area (Å²) in [6, 6.07) is 6.65. The Kier molecular flexibility index (Phi) is 4.00. The van der Waals surface area contributed by atoms with Crippen LogP contribution in [0.2, 0.25) is 0 Å². The Hall–Kier alpha value is -0.390. The highest BCUT2D eigenvalue weighted by atomic mass is 79.9. The third kappa shape index (κ3) is 3.06. The summed E-state index contributed by atoms with van der Waals surface area (Å²) in [5.74, 6) is -0.238. The van der Waals surface area contributed by atoms with Crippen LogP contribution in [-0.4, -0.2) is 0 Å². The molecule has 0 aliphatic heterocycles. The molecule has 0 unspecified atom stereocenters. The van der Waals surface area contributed by atoms with Gasteiger partial charge in [-0.15, -0.1) is 11.3 Å². The van der Waals surface area contributed by atoms with E-state index in [1.54, 1.807) is 17.4 Å². The first kappa shape index (κ1) is 12.1. The molecule has 0 saturated carbocycles. The van der Waals surface area contributed by atoms with Crippen molar-refractivity contribution in [1.29, 1.82) is 0 Å². The molecule has 0 atom stereocenters. The van der Waals surface area contributed by atoms with Crippen LogP contribution in [0.4, 0.5) is 10.1 Å². The van der Waals surface area contributed by atoms with E-state index in [4.69, 9.17) is 0 Å². The maximum atomic E-state index is 13.0. The van der Waals surface area contributed by atoms with E-state index in [2.05, 4.69) is 37.2 Å². The van der Waals surface area contributed by atoms with Gasteiger partial charge in [-0.05, 0) is 56.1 Å². The van der Waals surface area contributed by atoms with E-state index in [0.29, 0.717) is 6.54 Å². The third-order valence-corrected chi connectivity index (χ3v) is 4.39. The van der Waals surface area contributed by atoms with Gasteiger partial charge in [-0.3, -0.25) is 0 Å². The van der Waals surface area contributed by atoms with Gasteiger partial charge in [0.2, 0.25) is 0 Å². The molecule has 5 heteroatoms. The molecule has 0 saturated heterocycles. The van der Waals surface area contributed by atoms with Crippen molar-refractivity contribution >= 4 is 48.9 Å². The normalized spacial score (nSPS) is 10.4. The molecule has 0 aliphatic rings. The molecule has 16 heavy (non-hydrogen) atoms. The van der Waals surface area contributed by atoms with Crippen molar-refractivity contribution in [1.82, 2.24) is 0 Å². The second-order valence-corrected chi connectivity index (χ2v) is 5.97. The summed E-state index contributed by atoms with van der Waals surface area (Å²) in [4.78, 5) is 1.20. The fourth-order valence-corrected chi connectivity index (χ4v) is 3.04. The molecule has 1 N–H and O–H groups in total. The molecule has 1 aromatic carbocycles. The summed E-state index contributed by atoms with van der Waals surface area (Å²) < 4.78 is 15.0. The lowest BCUT2D eigenvalue weighted by Crippen LogP contribution is -1.98. The van der Waals surface area contributed by atoms with Crippen molar-refractivity contribution in [2.75, 3.05) is 5.32 Å². The summed E-state index contributed by atoms with van der Waals surface area (Å²) in [5, 5.41) is 5.21. The van der Waals surface area contributed by atoms with E-state index < -0.39 is 0 Å². The molecule has 0 bridgehead atoms. The topological polar surface area (TPSA) is 12.0 Å². The van der Waals surface area contributed by atoms with Gasteiger partial charge in [0.15, 0.2) is 0 Å². The second kappa shape index (κ2) is 5.29. The lowest BCUT2D eigenvalue weighted by Gasteiger charge is -2.07. The van der Waals surface area contributed by atoms with Gasteiger partial charge in [0.25, 0.3) is 0 Å². The summed E-state index contributed by atoms with van der Waals surface area (Å²) >= 11 is 8.43. The molecule has 0 aliphatic carbocycles. The molecule has 1 heterocycles. The highest BCUT2D eigenvalue weighted by Gasteiger charge is 2.02. The number of thiophene rings is 1. The van der Waals surface area contributed by atoms with Gasteiger partial charge < -0.3 is 5.32 Å². The lowest BCUT2D eigenvalue weighted by atomic mass is 10.3. The Morgan fingerprint density at radius 3 is 2.75 bits per heavy atom. The Bertz CT molecular complexity index is 498. The third-order valence-electron chi connectivity index (χ3n) is 2.00. The number of benzene rings is 1. The van der Waals surface area contributed by atoms with Crippen LogP contribution >= 0.6 is 43.2 Å². The first-order valence-electron chi connectivity index (χ1n) is 4.57. The van der Waals surface area contributed by atoms with Gasteiger partial charge in [-0.2, -0.15) is 0 Å². The van der Waals surface area contributed by atoms with Crippen molar-refractivity contribution in [2.45, 2.75) is 6.54 Å². The molecule has 84 valence electrons. The van der Waals surface area contributed by atoms with Crippen LogP contribution in [0, 0.1) is 5.82 Å². The van der Waals surface area contributed by atoms with E-state index in [-0.39, 0.29) is 5.82 Å². The summed E-state index contributed by atoms with van der Waals surface area (Å²) in [6.07, 6.45) is 0. The summed E-state index contributed by atoms with van der Waals surface area (Å²) in [6.45, 7) is 0.693. The first-order chi connectivity index (χ1) is 7.65. The number of hydrogen-bond donors (Lipinski definition) is 1. The van der Waals surface area contributed by atoms with Gasteiger partial charge in [-0.25, -0.2) is 4.39 Å². The van der Waals surface area contributed by atoms with E-state index >= 15 is 0 Å². The minimum atomic E-state index is -0.238. The second-order valence-electron chi connectivity index (χ2n) is 3.21. The highest BCUT2D eigenvalue weighted by Crippen LogP contribution is 2.25. The molecule has 1 nitrogen and oxygen atoms in total. The molecule has 0 fully saturated rings. The van der Waals surface area contributed by atoms with E-state index in [9.17, 15) is 4.39 Å². The summed E-state index contributed by atoms with van der Waals surface area (Å²) in [7, 11) is 0. The van der Waals surface area contributed by atoms with Crippen molar-refractivity contribution in [3.05, 3.63) is 49.3 Å². The molecule has 1 aromatic heterocycles. The minimum Gasteiger partial charge on any atom is -0.379 e. The average molecular weight is 365 g/mol. The molecule has 0 amide bonds. The van der Waals surface area contributed by atoms with Gasteiger partial charge in [0.1, 0.15) is 5.82 Å².